The van der Waals surface area contributed by atoms with Crippen molar-refractivity contribution in [3.63, 3.8) is 0 Å². The van der Waals surface area contributed by atoms with E-state index >= 15 is 0 Å². The number of hydrogen-bond donors (Lipinski definition) is 0. The Morgan fingerprint density at radius 3 is 2.74 bits per heavy atom. The number of terminal acetylenes is 1. The summed E-state index contributed by atoms with van der Waals surface area (Å²) >= 11 is 0. The lowest BCUT2D eigenvalue weighted by Gasteiger charge is -2.11. The number of allylic oxidation sites excluding steroid dienone is 1. The molecule has 0 unspecified atom stereocenters. The molecule has 0 fully saturated rings. The van der Waals surface area contributed by atoms with E-state index in [0.717, 1.165) is 10.8 Å². The highest BCUT2D eigenvalue weighted by molar-refractivity contribution is 6.06. The van der Waals surface area contributed by atoms with E-state index in [1.807, 2.05) is 36.4 Å². The molecule has 0 spiro atoms. The molecule has 1 heterocycles. The van der Waals surface area contributed by atoms with Crippen LogP contribution in [0.15, 0.2) is 48.0 Å². The van der Waals surface area contributed by atoms with Gasteiger partial charge in [-0.15, -0.1) is 6.42 Å². The average molecular weight is 355 g/mol. The molecule has 0 aliphatic rings. The summed E-state index contributed by atoms with van der Waals surface area (Å²) in [7, 11) is 0. The van der Waals surface area contributed by atoms with Crippen molar-refractivity contribution < 1.29 is 9.53 Å². The number of fused-ring (bicyclic) bond motifs is 1. The third-order valence-electron chi connectivity index (χ3n) is 4.08. The molecule has 3 rings (SSSR count). The van der Waals surface area contributed by atoms with Crippen LogP contribution >= 0.6 is 0 Å². The van der Waals surface area contributed by atoms with Crippen molar-refractivity contribution >= 4 is 22.8 Å². The van der Waals surface area contributed by atoms with Crippen molar-refractivity contribution in [1.82, 2.24) is 9.78 Å². The number of aromatic nitrogens is 2. The van der Waals surface area contributed by atoms with Crippen LogP contribution in [0.4, 0.5) is 0 Å². The lowest BCUT2D eigenvalue weighted by Crippen LogP contribution is -2.15. The first-order valence-corrected chi connectivity index (χ1v) is 8.33. The molecule has 0 bridgehead atoms. The quantitative estimate of drug-likeness (QED) is 0.404. The number of rotatable bonds is 4. The van der Waals surface area contributed by atoms with Gasteiger partial charge in [-0.2, -0.15) is 10.4 Å². The summed E-state index contributed by atoms with van der Waals surface area (Å²) in [4.78, 5) is 12.8. The molecule has 0 radical (unpaired) electrons. The molecule has 0 amide bonds. The monoisotopic (exact) mass is 355 g/mol. The smallest absolute Gasteiger partial charge is 0.289 e. The largest absolute Gasteiger partial charge is 0.480 e. The molecule has 0 atom stereocenters. The van der Waals surface area contributed by atoms with Crippen LogP contribution in [0.25, 0.3) is 16.8 Å². The first kappa shape index (κ1) is 18.0. The van der Waals surface area contributed by atoms with Gasteiger partial charge in [-0.05, 0) is 42.8 Å². The minimum atomic E-state index is -0.487. The van der Waals surface area contributed by atoms with Gasteiger partial charge in [-0.3, -0.25) is 4.79 Å². The molecule has 132 valence electrons. The second-order valence-electron chi connectivity index (χ2n) is 6.01. The molecule has 0 aliphatic carbocycles. The molecule has 5 heteroatoms. The van der Waals surface area contributed by atoms with Crippen LogP contribution in [0.1, 0.15) is 21.7 Å². The fraction of sp³-hybridized carbons (Fsp3) is 0.136. The molecule has 3 aromatic rings. The molecule has 0 aliphatic heterocycles. The number of benzene rings is 2. The number of carbonyl (C=O) groups is 1. The summed E-state index contributed by atoms with van der Waals surface area (Å²) in [6.07, 6.45) is 6.84. The van der Waals surface area contributed by atoms with Gasteiger partial charge in [0.05, 0.1) is 5.69 Å². The van der Waals surface area contributed by atoms with Crippen LogP contribution < -0.4 is 4.74 Å². The molecule has 2 aromatic carbocycles. The van der Waals surface area contributed by atoms with Crippen LogP contribution in [-0.2, 0) is 0 Å². The highest BCUT2D eigenvalue weighted by Gasteiger charge is 2.17. The molecule has 0 N–H and O–H groups in total. The van der Waals surface area contributed by atoms with Gasteiger partial charge in [0.2, 0.25) is 0 Å². The van der Waals surface area contributed by atoms with Crippen molar-refractivity contribution in [3.05, 3.63) is 65.0 Å². The summed E-state index contributed by atoms with van der Waals surface area (Å²) in [5, 5.41) is 15.6. The maximum atomic E-state index is 12.8. The standard InChI is InChI=1S/C22H17N3O2/c1-4-11-27-21-10-9-17-7-5-6-8-19(17)20(21)13-18(14-23)22(26)25-16(3)12-15(2)24-25/h1,5-10,12-13H,11H2,2-3H3/b18-13+. The minimum absolute atomic E-state index is 0.0388. The van der Waals surface area contributed by atoms with E-state index in [0.29, 0.717) is 22.7 Å². The molecule has 0 saturated heterocycles. The van der Waals surface area contributed by atoms with E-state index in [2.05, 4.69) is 11.0 Å². The minimum Gasteiger partial charge on any atom is -0.480 e. The first-order valence-electron chi connectivity index (χ1n) is 8.33. The van der Waals surface area contributed by atoms with Crippen LogP contribution in [0.3, 0.4) is 0 Å². The third-order valence-corrected chi connectivity index (χ3v) is 4.08. The van der Waals surface area contributed by atoms with Gasteiger partial charge >= 0.3 is 0 Å². The molecular weight excluding hydrogens is 338 g/mol. The number of hydrogen-bond acceptors (Lipinski definition) is 4. The Morgan fingerprint density at radius 2 is 2.07 bits per heavy atom. The van der Waals surface area contributed by atoms with Gasteiger partial charge in [0, 0.05) is 11.3 Å². The highest BCUT2D eigenvalue weighted by atomic mass is 16.5. The summed E-state index contributed by atoms with van der Waals surface area (Å²) in [6, 6.07) is 15.1. The van der Waals surface area contributed by atoms with E-state index < -0.39 is 5.91 Å². The Balaban J connectivity index is 2.17. The number of carbonyl (C=O) groups excluding carboxylic acids is 1. The second kappa shape index (κ2) is 7.59. The lowest BCUT2D eigenvalue weighted by atomic mass is 10.0. The molecular formula is C22H17N3O2. The van der Waals surface area contributed by atoms with E-state index in [1.165, 1.54) is 10.8 Å². The first-order chi connectivity index (χ1) is 13.0. The maximum Gasteiger partial charge on any atom is 0.289 e. The number of nitriles is 1. The summed E-state index contributed by atoms with van der Waals surface area (Å²) in [5.74, 6) is 2.46. The van der Waals surface area contributed by atoms with E-state index in [4.69, 9.17) is 11.2 Å². The second-order valence-corrected chi connectivity index (χ2v) is 6.01. The third kappa shape index (κ3) is 3.58. The average Bonchev–Trinajstić information content (AvgIpc) is 3.02. The zero-order valence-corrected chi connectivity index (χ0v) is 15.1. The van der Waals surface area contributed by atoms with Gasteiger partial charge < -0.3 is 4.74 Å². The fourth-order valence-corrected chi connectivity index (χ4v) is 2.90. The maximum absolute atomic E-state index is 12.8. The van der Waals surface area contributed by atoms with Crippen LogP contribution in [0.2, 0.25) is 0 Å². The Kier molecular flexibility index (Phi) is 5.06. The molecule has 27 heavy (non-hydrogen) atoms. The Hall–Kier alpha value is -3.83. The molecule has 5 nitrogen and oxygen atoms in total. The Bertz CT molecular complexity index is 1140. The van der Waals surface area contributed by atoms with Gasteiger partial charge in [0.25, 0.3) is 5.91 Å². The van der Waals surface area contributed by atoms with Gasteiger partial charge in [-0.1, -0.05) is 36.3 Å². The summed E-state index contributed by atoms with van der Waals surface area (Å²) < 4.78 is 6.86. The molecule has 1 aromatic heterocycles. The van der Waals surface area contributed by atoms with Crippen molar-refractivity contribution in [1.29, 1.82) is 5.26 Å². The predicted octanol–water partition coefficient (Wildman–Crippen LogP) is 3.91. The summed E-state index contributed by atoms with van der Waals surface area (Å²) in [5.41, 5.74) is 1.97. The van der Waals surface area contributed by atoms with Crippen molar-refractivity contribution in [2.75, 3.05) is 6.61 Å². The van der Waals surface area contributed by atoms with Crippen LogP contribution in [0, 0.1) is 37.5 Å². The van der Waals surface area contributed by atoms with Crippen molar-refractivity contribution in [3.8, 4) is 24.2 Å². The SMILES string of the molecule is C#CCOc1ccc2ccccc2c1/C=C(\C#N)C(=O)n1nc(C)cc1C. The molecule has 0 saturated carbocycles. The van der Waals surface area contributed by atoms with Crippen molar-refractivity contribution in [2.24, 2.45) is 0 Å². The van der Waals surface area contributed by atoms with E-state index in [9.17, 15) is 10.1 Å². The van der Waals surface area contributed by atoms with Crippen LogP contribution in [-0.4, -0.2) is 22.3 Å². The predicted molar refractivity (Wildman–Crippen MR) is 104 cm³/mol. The Morgan fingerprint density at radius 1 is 1.30 bits per heavy atom. The van der Waals surface area contributed by atoms with Gasteiger partial charge in [-0.25, -0.2) is 4.68 Å². The number of nitrogens with zero attached hydrogens (tertiary/aromatic N) is 3. The topological polar surface area (TPSA) is 67.9 Å². The van der Waals surface area contributed by atoms with Crippen molar-refractivity contribution in [2.45, 2.75) is 13.8 Å². The number of ether oxygens (including phenoxy) is 1. The number of aryl methyl sites for hydroxylation is 2. The highest BCUT2D eigenvalue weighted by Crippen LogP contribution is 2.30. The van der Waals surface area contributed by atoms with Crippen LogP contribution in [0.5, 0.6) is 5.75 Å². The summed E-state index contributed by atoms with van der Waals surface area (Å²) in [6.45, 7) is 3.65. The van der Waals surface area contributed by atoms with Gasteiger partial charge in [0.1, 0.15) is 24.0 Å². The van der Waals surface area contributed by atoms with E-state index in [-0.39, 0.29) is 12.2 Å². The normalized spacial score (nSPS) is 11.0. The van der Waals surface area contributed by atoms with Gasteiger partial charge in [0.15, 0.2) is 0 Å². The zero-order chi connectivity index (χ0) is 19.4. The fourth-order valence-electron chi connectivity index (χ4n) is 2.90. The van der Waals surface area contributed by atoms with E-state index in [1.54, 1.807) is 26.0 Å². The zero-order valence-electron chi connectivity index (χ0n) is 15.1. The lowest BCUT2D eigenvalue weighted by molar-refractivity contribution is 0.0944. The Labute approximate surface area is 157 Å².